The number of imide groups is 1. The van der Waals surface area contributed by atoms with Crippen LogP contribution in [0, 0.1) is 6.92 Å². The third kappa shape index (κ3) is 5.31. The second-order valence-electron chi connectivity index (χ2n) is 8.30. The van der Waals surface area contributed by atoms with Gasteiger partial charge in [-0.1, -0.05) is 31.5 Å². The molecule has 1 aromatic heterocycles. The van der Waals surface area contributed by atoms with Gasteiger partial charge in [-0.3, -0.25) is 10.1 Å². The number of alkyl carbamates (subject to hydrolysis) is 1. The van der Waals surface area contributed by atoms with E-state index in [-0.39, 0.29) is 6.42 Å². The van der Waals surface area contributed by atoms with Crippen LogP contribution in [0.3, 0.4) is 0 Å². The molecular weight excluding hydrogens is 420 g/mol. The van der Waals surface area contributed by atoms with E-state index < -0.39 is 17.6 Å². The van der Waals surface area contributed by atoms with Gasteiger partial charge in [0.25, 0.3) is 5.91 Å². The molecular formula is C26H26N2O5. The Kier molecular flexibility index (Phi) is 6.31. The van der Waals surface area contributed by atoms with Gasteiger partial charge < -0.3 is 14.2 Å². The zero-order valence-electron chi connectivity index (χ0n) is 18.9. The lowest BCUT2D eigenvalue weighted by atomic mass is 9.96. The molecule has 2 amide bonds. The van der Waals surface area contributed by atoms with Crippen LogP contribution in [0.15, 0.2) is 60.8 Å². The van der Waals surface area contributed by atoms with E-state index in [0.717, 1.165) is 35.3 Å². The number of amides is 2. The number of hydrogen-bond acceptors (Lipinski definition) is 6. The molecule has 0 radical (unpaired) electrons. The molecule has 2 heterocycles. The number of nitrogens with one attached hydrogen (secondary N) is 1. The summed E-state index contributed by atoms with van der Waals surface area (Å²) in [7, 11) is 0. The van der Waals surface area contributed by atoms with Crippen LogP contribution in [-0.4, -0.2) is 22.6 Å². The number of benzene rings is 2. The molecule has 33 heavy (non-hydrogen) atoms. The number of aryl methyl sites for hydroxylation is 2. The molecule has 0 saturated carbocycles. The third-order valence-electron chi connectivity index (χ3n) is 5.34. The molecule has 3 aromatic rings. The maximum atomic E-state index is 12.1. The Morgan fingerprint density at radius 3 is 2.55 bits per heavy atom. The highest BCUT2D eigenvalue weighted by molar-refractivity contribution is 6.02. The molecule has 1 N–H and O–H groups in total. The number of nitrogens with zero attached hydrogens (tertiary/aromatic N) is 1. The van der Waals surface area contributed by atoms with E-state index in [1.165, 1.54) is 0 Å². The van der Waals surface area contributed by atoms with Gasteiger partial charge in [-0.15, -0.1) is 0 Å². The van der Waals surface area contributed by atoms with Gasteiger partial charge in [-0.25, -0.2) is 9.78 Å². The van der Waals surface area contributed by atoms with Crippen molar-refractivity contribution in [2.45, 2.75) is 45.6 Å². The van der Waals surface area contributed by atoms with Crippen molar-refractivity contribution in [3.63, 3.8) is 0 Å². The van der Waals surface area contributed by atoms with Crippen molar-refractivity contribution in [2.24, 2.45) is 0 Å². The van der Waals surface area contributed by atoms with E-state index in [9.17, 15) is 9.59 Å². The summed E-state index contributed by atoms with van der Waals surface area (Å²) >= 11 is 0. The predicted octanol–water partition coefficient (Wildman–Crippen LogP) is 5.49. The third-order valence-corrected chi connectivity index (χ3v) is 5.34. The number of ether oxygens (including phenoxy) is 3. The van der Waals surface area contributed by atoms with Crippen LogP contribution in [0.2, 0.25) is 0 Å². The average Bonchev–Trinajstić information content (AvgIpc) is 3.03. The highest BCUT2D eigenvalue weighted by Crippen LogP contribution is 2.32. The summed E-state index contributed by atoms with van der Waals surface area (Å²) in [5.41, 5.74) is 1.68. The van der Waals surface area contributed by atoms with Gasteiger partial charge in [0.2, 0.25) is 5.88 Å². The Bertz CT molecular complexity index is 1180. The van der Waals surface area contributed by atoms with Gasteiger partial charge >= 0.3 is 6.09 Å². The van der Waals surface area contributed by atoms with Crippen LogP contribution in [-0.2, 0) is 22.4 Å². The summed E-state index contributed by atoms with van der Waals surface area (Å²) in [5.74, 6) is 2.15. The molecule has 0 aliphatic carbocycles. The quantitative estimate of drug-likeness (QED) is 0.492. The molecule has 1 fully saturated rings. The smallest absolute Gasteiger partial charge is 0.415 e. The van der Waals surface area contributed by atoms with Crippen molar-refractivity contribution in [1.82, 2.24) is 10.3 Å². The molecule has 2 aromatic carbocycles. The van der Waals surface area contributed by atoms with E-state index in [4.69, 9.17) is 14.2 Å². The first-order chi connectivity index (χ1) is 15.8. The van der Waals surface area contributed by atoms with Gasteiger partial charge in [0.05, 0.1) is 0 Å². The summed E-state index contributed by atoms with van der Waals surface area (Å²) in [6, 6.07) is 16.9. The summed E-state index contributed by atoms with van der Waals surface area (Å²) in [6.07, 6.45) is 3.06. The first-order valence-electron chi connectivity index (χ1n) is 10.9. The van der Waals surface area contributed by atoms with Crippen molar-refractivity contribution in [3.05, 3.63) is 77.5 Å². The fourth-order valence-corrected chi connectivity index (χ4v) is 3.67. The van der Waals surface area contributed by atoms with Gasteiger partial charge in [-0.2, -0.15) is 0 Å². The lowest BCUT2D eigenvalue weighted by Gasteiger charge is -2.19. The van der Waals surface area contributed by atoms with Crippen molar-refractivity contribution >= 4 is 12.0 Å². The monoisotopic (exact) mass is 446 g/mol. The van der Waals surface area contributed by atoms with Crippen molar-refractivity contribution in [1.29, 1.82) is 0 Å². The normalized spacial score (nSPS) is 17.4. The minimum Gasteiger partial charge on any atom is -0.457 e. The molecule has 1 atom stereocenters. The van der Waals surface area contributed by atoms with E-state index >= 15 is 0 Å². The standard InChI is InChI=1S/C26H26N2O5/c1-4-6-19-14-21(32-23-12-9-17(2)16-27-23)10-11-22(19)31-20-8-5-7-18(13-20)15-26(3)24(29)28-25(30)33-26/h5,7-14,16H,4,6,15H2,1-3H3,(H,28,29,30)/t26-/m1/s1. The van der Waals surface area contributed by atoms with Crippen LogP contribution in [0.1, 0.15) is 37.0 Å². The van der Waals surface area contributed by atoms with E-state index in [0.29, 0.717) is 17.4 Å². The zero-order chi connectivity index (χ0) is 23.4. The van der Waals surface area contributed by atoms with Crippen molar-refractivity contribution in [2.75, 3.05) is 0 Å². The Morgan fingerprint density at radius 2 is 1.85 bits per heavy atom. The van der Waals surface area contributed by atoms with Gasteiger partial charge in [0, 0.05) is 18.7 Å². The first-order valence-corrected chi connectivity index (χ1v) is 10.9. The largest absolute Gasteiger partial charge is 0.457 e. The Balaban J connectivity index is 1.52. The average molecular weight is 447 g/mol. The fraction of sp³-hybridized carbons (Fsp3) is 0.269. The number of cyclic esters (lactones) is 1. The SMILES string of the molecule is CCCc1cc(Oc2ccc(C)cn2)ccc1Oc1cccc(C[C@@]2(C)OC(=O)NC2=O)c1. The van der Waals surface area contributed by atoms with E-state index in [1.54, 1.807) is 13.1 Å². The van der Waals surface area contributed by atoms with Crippen molar-refractivity contribution in [3.8, 4) is 23.1 Å². The summed E-state index contributed by atoms with van der Waals surface area (Å²) < 4.78 is 17.3. The van der Waals surface area contributed by atoms with Crippen LogP contribution < -0.4 is 14.8 Å². The molecule has 7 nitrogen and oxygen atoms in total. The second kappa shape index (κ2) is 9.32. The van der Waals surface area contributed by atoms with E-state index in [2.05, 4.69) is 17.2 Å². The fourth-order valence-electron chi connectivity index (χ4n) is 3.67. The second-order valence-corrected chi connectivity index (χ2v) is 8.30. The van der Waals surface area contributed by atoms with Gasteiger partial charge in [0.1, 0.15) is 17.2 Å². The van der Waals surface area contributed by atoms with Crippen LogP contribution in [0.4, 0.5) is 4.79 Å². The number of hydrogen-bond donors (Lipinski definition) is 1. The Morgan fingerprint density at radius 1 is 1.03 bits per heavy atom. The van der Waals surface area contributed by atoms with Crippen LogP contribution in [0.25, 0.3) is 0 Å². The van der Waals surface area contributed by atoms with Crippen molar-refractivity contribution < 1.29 is 23.8 Å². The number of rotatable bonds is 8. The molecule has 170 valence electrons. The molecule has 0 spiro atoms. The van der Waals surface area contributed by atoms with Gasteiger partial charge in [-0.05, 0) is 67.3 Å². The highest BCUT2D eigenvalue weighted by atomic mass is 16.6. The van der Waals surface area contributed by atoms with Gasteiger partial charge in [0.15, 0.2) is 5.60 Å². The highest BCUT2D eigenvalue weighted by Gasteiger charge is 2.44. The van der Waals surface area contributed by atoms with Crippen LogP contribution >= 0.6 is 0 Å². The topological polar surface area (TPSA) is 86.8 Å². The molecule has 1 saturated heterocycles. The molecule has 0 bridgehead atoms. The zero-order valence-corrected chi connectivity index (χ0v) is 18.9. The molecule has 0 unspecified atom stereocenters. The minimum absolute atomic E-state index is 0.250. The summed E-state index contributed by atoms with van der Waals surface area (Å²) in [6.45, 7) is 5.68. The number of pyridine rings is 1. The molecule has 1 aliphatic heterocycles. The predicted molar refractivity (Wildman–Crippen MR) is 123 cm³/mol. The Labute approximate surface area is 192 Å². The van der Waals surface area contributed by atoms with Crippen LogP contribution in [0.5, 0.6) is 23.1 Å². The molecule has 1 aliphatic rings. The first kappa shape index (κ1) is 22.3. The number of carbonyl (C=O) groups excluding carboxylic acids is 2. The maximum absolute atomic E-state index is 12.1. The lowest BCUT2D eigenvalue weighted by molar-refractivity contribution is -0.129. The van der Waals surface area contributed by atoms with E-state index in [1.807, 2.05) is 61.5 Å². The lowest BCUT2D eigenvalue weighted by Crippen LogP contribution is -2.38. The molecule has 7 heteroatoms. The Hall–Kier alpha value is -3.87. The molecule has 4 rings (SSSR count). The summed E-state index contributed by atoms with van der Waals surface area (Å²) in [4.78, 5) is 27.8. The number of aromatic nitrogens is 1. The summed E-state index contributed by atoms with van der Waals surface area (Å²) in [5, 5.41) is 2.18. The minimum atomic E-state index is -1.23. The number of carbonyl (C=O) groups is 2. The maximum Gasteiger partial charge on any atom is 0.415 e.